The van der Waals surface area contributed by atoms with E-state index < -0.39 is 0 Å². The monoisotopic (exact) mass is 342 g/mol. The summed E-state index contributed by atoms with van der Waals surface area (Å²) in [6.07, 6.45) is 0. The molecule has 0 saturated heterocycles. The van der Waals surface area contributed by atoms with Crippen molar-refractivity contribution in [3.05, 3.63) is 22.7 Å². The summed E-state index contributed by atoms with van der Waals surface area (Å²) in [6, 6.07) is 3.09. The molecule has 6 nitrogen and oxygen atoms in total. The molecule has 0 heterocycles. The highest BCUT2D eigenvalue weighted by Crippen LogP contribution is 2.36. The van der Waals surface area contributed by atoms with Crippen LogP contribution in [0.3, 0.4) is 0 Å². The maximum atomic E-state index is 12.6. The molecule has 1 N–H and O–H groups in total. The number of rotatable bonds is 8. The van der Waals surface area contributed by atoms with Crippen molar-refractivity contribution in [2.24, 2.45) is 0 Å². The molecule has 0 aromatic heterocycles. The zero-order valence-electron chi connectivity index (χ0n) is 13.9. The summed E-state index contributed by atoms with van der Waals surface area (Å²) in [7, 11) is 1.48. The maximum absolute atomic E-state index is 12.6. The first-order valence-corrected chi connectivity index (χ1v) is 7.92. The topological polar surface area (TPSA) is 67.9 Å². The first kappa shape index (κ1) is 19.1. The molecule has 1 aromatic carbocycles. The highest BCUT2D eigenvalue weighted by atomic mass is 35.5. The maximum Gasteiger partial charge on any atom is 0.254 e. The van der Waals surface area contributed by atoms with Crippen LogP contribution in [0.15, 0.2) is 12.1 Å². The highest BCUT2D eigenvalue weighted by Gasteiger charge is 2.21. The van der Waals surface area contributed by atoms with Gasteiger partial charge in [0.05, 0.1) is 25.3 Å². The Labute approximate surface area is 141 Å². The number of methoxy groups -OCH3 is 1. The Hall–Kier alpha value is -1.95. The van der Waals surface area contributed by atoms with Crippen LogP contribution in [-0.2, 0) is 4.79 Å². The Morgan fingerprint density at radius 1 is 1.26 bits per heavy atom. The molecule has 7 heteroatoms. The first-order valence-electron chi connectivity index (χ1n) is 7.54. The van der Waals surface area contributed by atoms with Crippen LogP contribution in [0.1, 0.15) is 31.1 Å². The molecule has 0 unspecified atom stereocenters. The third kappa shape index (κ3) is 5.03. The van der Waals surface area contributed by atoms with Gasteiger partial charge in [-0.3, -0.25) is 9.59 Å². The summed E-state index contributed by atoms with van der Waals surface area (Å²) in [5, 5.41) is 2.97. The number of likely N-dealkylation sites (N-methyl/N-ethyl adjacent to an activating group) is 2. The molecule has 0 spiro atoms. The van der Waals surface area contributed by atoms with E-state index in [1.165, 1.54) is 18.1 Å². The van der Waals surface area contributed by atoms with Gasteiger partial charge in [-0.2, -0.15) is 0 Å². The molecule has 0 fully saturated rings. The van der Waals surface area contributed by atoms with Gasteiger partial charge in [0.1, 0.15) is 0 Å². The number of hydrogen-bond donors (Lipinski definition) is 1. The Morgan fingerprint density at radius 2 is 1.96 bits per heavy atom. The molecule has 2 amide bonds. The molecule has 0 bridgehead atoms. The first-order chi connectivity index (χ1) is 11.0. The molecule has 0 aliphatic heterocycles. The largest absolute Gasteiger partial charge is 0.493 e. The van der Waals surface area contributed by atoms with E-state index in [-0.39, 0.29) is 18.4 Å². The Balaban J connectivity index is 3.06. The van der Waals surface area contributed by atoms with Gasteiger partial charge >= 0.3 is 0 Å². The summed E-state index contributed by atoms with van der Waals surface area (Å²) >= 11 is 6.18. The van der Waals surface area contributed by atoms with Gasteiger partial charge in [-0.1, -0.05) is 11.6 Å². The molecule has 1 rings (SSSR count). The van der Waals surface area contributed by atoms with Gasteiger partial charge in [0.15, 0.2) is 11.5 Å². The molecule has 0 aliphatic carbocycles. The summed E-state index contributed by atoms with van der Waals surface area (Å²) in [5.41, 5.74) is 0.349. The van der Waals surface area contributed by atoms with Crippen LogP contribution < -0.4 is 14.8 Å². The Morgan fingerprint density at radius 3 is 2.48 bits per heavy atom. The second-order valence-electron chi connectivity index (χ2n) is 4.70. The molecule has 128 valence electrons. The highest BCUT2D eigenvalue weighted by molar-refractivity contribution is 6.32. The zero-order chi connectivity index (χ0) is 17.4. The predicted molar refractivity (Wildman–Crippen MR) is 89.4 cm³/mol. The van der Waals surface area contributed by atoms with E-state index in [0.717, 1.165) is 0 Å². The molecule has 0 atom stereocenters. The lowest BCUT2D eigenvalue weighted by Crippen LogP contribution is -2.40. The summed E-state index contributed by atoms with van der Waals surface area (Å²) < 4.78 is 10.7. The molecular formula is C16H23ClN2O4. The average molecular weight is 343 g/mol. The second-order valence-corrected chi connectivity index (χ2v) is 5.10. The number of amides is 2. The molecule has 1 aromatic rings. The predicted octanol–water partition coefficient (Wildman–Crippen LogP) is 2.35. The van der Waals surface area contributed by atoms with Crippen LogP contribution in [0.5, 0.6) is 11.5 Å². The van der Waals surface area contributed by atoms with E-state index in [0.29, 0.717) is 41.8 Å². The van der Waals surface area contributed by atoms with Gasteiger partial charge in [-0.15, -0.1) is 0 Å². The fourth-order valence-electron chi connectivity index (χ4n) is 2.06. The van der Waals surface area contributed by atoms with E-state index in [1.807, 2.05) is 20.8 Å². The minimum Gasteiger partial charge on any atom is -0.493 e. The van der Waals surface area contributed by atoms with E-state index in [1.54, 1.807) is 6.07 Å². The van der Waals surface area contributed by atoms with Crippen molar-refractivity contribution in [2.45, 2.75) is 20.8 Å². The van der Waals surface area contributed by atoms with Crippen molar-refractivity contribution >= 4 is 23.4 Å². The summed E-state index contributed by atoms with van der Waals surface area (Å²) in [5.74, 6) is 0.297. The van der Waals surface area contributed by atoms with E-state index in [4.69, 9.17) is 21.1 Å². The van der Waals surface area contributed by atoms with Crippen LogP contribution >= 0.6 is 11.6 Å². The molecule has 0 saturated carbocycles. The quantitative estimate of drug-likeness (QED) is 0.787. The number of hydrogen-bond acceptors (Lipinski definition) is 4. The number of carbonyl (C=O) groups is 2. The Kier molecular flexibility index (Phi) is 7.68. The Bertz CT molecular complexity index is 563. The summed E-state index contributed by atoms with van der Waals surface area (Å²) in [6.45, 7) is 6.83. The third-order valence-electron chi connectivity index (χ3n) is 3.14. The van der Waals surface area contributed by atoms with E-state index >= 15 is 0 Å². The minimum absolute atomic E-state index is 0.00365. The van der Waals surface area contributed by atoms with Crippen molar-refractivity contribution in [1.82, 2.24) is 10.2 Å². The van der Waals surface area contributed by atoms with Crippen LogP contribution in [0.2, 0.25) is 5.02 Å². The summed E-state index contributed by atoms with van der Waals surface area (Å²) in [4.78, 5) is 25.7. The normalized spacial score (nSPS) is 10.1. The minimum atomic E-state index is -0.290. The van der Waals surface area contributed by atoms with Crippen LogP contribution in [-0.4, -0.2) is 50.1 Å². The average Bonchev–Trinajstić information content (AvgIpc) is 2.53. The lowest BCUT2D eigenvalue weighted by Gasteiger charge is -2.21. The number of nitrogens with one attached hydrogen (secondary N) is 1. The van der Waals surface area contributed by atoms with Gasteiger partial charge < -0.3 is 19.7 Å². The van der Waals surface area contributed by atoms with Gasteiger partial charge in [-0.05, 0) is 32.9 Å². The number of halogens is 1. The second kappa shape index (κ2) is 9.25. The molecular weight excluding hydrogens is 320 g/mol. The zero-order valence-corrected chi connectivity index (χ0v) is 14.7. The van der Waals surface area contributed by atoms with Crippen molar-refractivity contribution < 1.29 is 19.1 Å². The molecule has 23 heavy (non-hydrogen) atoms. The fraction of sp³-hybridized carbons (Fsp3) is 0.500. The van der Waals surface area contributed by atoms with Gasteiger partial charge in [0.25, 0.3) is 5.91 Å². The van der Waals surface area contributed by atoms with Gasteiger partial charge in [0, 0.05) is 18.7 Å². The smallest absolute Gasteiger partial charge is 0.254 e. The van der Waals surface area contributed by atoms with Crippen molar-refractivity contribution in [3.63, 3.8) is 0 Å². The number of carbonyl (C=O) groups excluding carboxylic acids is 2. The van der Waals surface area contributed by atoms with Gasteiger partial charge in [0.2, 0.25) is 5.91 Å². The third-order valence-corrected chi connectivity index (χ3v) is 3.42. The van der Waals surface area contributed by atoms with Crippen molar-refractivity contribution in [3.8, 4) is 11.5 Å². The number of nitrogens with zero attached hydrogens (tertiary/aromatic N) is 1. The number of ether oxygens (including phenoxy) is 2. The standard InChI is InChI=1S/C16H23ClN2O4/c1-5-18-14(20)10-19(6-2)16(21)11-8-12(17)15(23-7-3)13(9-11)22-4/h8-9H,5-7,10H2,1-4H3,(H,18,20). The van der Waals surface area contributed by atoms with Crippen LogP contribution in [0.4, 0.5) is 0 Å². The van der Waals surface area contributed by atoms with Crippen LogP contribution in [0, 0.1) is 0 Å². The van der Waals surface area contributed by atoms with Crippen molar-refractivity contribution in [2.75, 3.05) is 33.4 Å². The fourth-order valence-corrected chi connectivity index (χ4v) is 2.33. The molecule has 0 radical (unpaired) electrons. The SMILES string of the molecule is CCNC(=O)CN(CC)C(=O)c1cc(Cl)c(OCC)c(OC)c1. The number of benzene rings is 1. The van der Waals surface area contributed by atoms with Gasteiger partial charge in [-0.25, -0.2) is 0 Å². The molecule has 0 aliphatic rings. The van der Waals surface area contributed by atoms with E-state index in [2.05, 4.69) is 5.32 Å². The lowest BCUT2D eigenvalue weighted by molar-refractivity contribution is -0.121. The van der Waals surface area contributed by atoms with Crippen LogP contribution in [0.25, 0.3) is 0 Å². The van der Waals surface area contributed by atoms with E-state index in [9.17, 15) is 9.59 Å². The van der Waals surface area contributed by atoms with Crippen molar-refractivity contribution in [1.29, 1.82) is 0 Å². The lowest BCUT2D eigenvalue weighted by atomic mass is 10.1.